The molecular weight excluding hydrogens is 445 g/mol. The molecule has 1 aromatic rings. The number of guanidine groups is 1. The fraction of sp³-hybridized carbons (Fsp3) is 0.556. The van der Waals surface area contributed by atoms with Gasteiger partial charge in [-0.25, -0.2) is 4.99 Å². The van der Waals surface area contributed by atoms with Gasteiger partial charge in [0.1, 0.15) is 12.3 Å². The maximum absolute atomic E-state index is 11.6. The van der Waals surface area contributed by atoms with Crippen molar-refractivity contribution < 1.29 is 9.53 Å². The van der Waals surface area contributed by atoms with E-state index in [0.717, 1.165) is 37.5 Å². The molecule has 146 valence electrons. The van der Waals surface area contributed by atoms with Gasteiger partial charge in [-0.2, -0.15) is 0 Å². The van der Waals surface area contributed by atoms with Crippen LogP contribution in [0.5, 0.6) is 5.75 Å². The lowest BCUT2D eigenvalue weighted by Crippen LogP contribution is -2.45. The molecule has 3 N–H and O–H groups in total. The standard InChI is InChI=1S/C18H29N5O2.HI/c1-4-19-17(24)12-21-18(20-5-2)22-14-10-11-23(13-14)15-8-6-7-9-16(15)25-3;/h6-9,14H,4-5,10-13H2,1-3H3,(H,19,24)(H2,20,21,22);1H. The number of halogens is 1. The number of nitrogens with one attached hydrogen (secondary N) is 3. The average Bonchev–Trinajstić information content (AvgIpc) is 3.08. The summed E-state index contributed by atoms with van der Waals surface area (Å²) in [5.74, 6) is 1.50. The van der Waals surface area contributed by atoms with E-state index in [9.17, 15) is 4.79 Å². The summed E-state index contributed by atoms with van der Waals surface area (Å²) in [4.78, 5) is 18.3. The number of carbonyl (C=O) groups is 1. The summed E-state index contributed by atoms with van der Waals surface area (Å²) in [7, 11) is 1.70. The van der Waals surface area contributed by atoms with Gasteiger partial charge in [0.2, 0.25) is 5.91 Å². The number of amides is 1. The number of carbonyl (C=O) groups excluding carboxylic acids is 1. The SMILES string of the molecule is CCNC(=O)CN=C(NCC)NC1CCN(c2ccccc2OC)C1.I. The monoisotopic (exact) mass is 475 g/mol. The second-order valence-electron chi connectivity index (χ2n) is 5.90. The Kier molecular flexibility index (Phi) is 10.2. The van der Waals surface area contributed by atoms with E-state index in [0.29, 0.717) is 12.5 Å². The van der Waals surface area contributed by atoms with Crippen LogP contribution in [0.25, 0.3) is 0 Å². The van der Waals surface area contributed by atoms with Crippen LogP contribution in [0.15, 0.2) is 29.3 Å². The van der Waals surface area contributed by atoms with Crippen LogP contribution in [0.4, 0.5) is 5.69 Å². The molecule has 7 nitrogen and oxygen atoms in total. The largest absolute Gasteiger partial charge is 0.495 e. The van der Waals surface area contributed by atoms with Crippen LogP contribution in [-0.4, -0.2) is 57.7 Å². The number of anilines is 1. The van der Waals surface area contributed by atoms with Gasteiger partial charge in [-0.05, 0) is 32.4 Å². The Morgan fingerprint density at radius 2 is 2.00 bits per heavy atom. The predicted molar refractivity (Wildman–Crippen MR) is 117 cm³/mol. The van der Waals surface area contributed by atoms with Crippen LogP contribution < -0.4 is 25.6 Å². The first-order valence-electron chi connectivity index (χ1n) is 8.87. The molecule has 0 saturated carbocycles. The molecule has 1 aromatic carbocycles. The summed E-state index contributed by atoms with van der Waals surface area (Å²) in [5.41, 5.74) is 1.11. The van der Waals surface area contributed by atoms with E-state index >= 15 is 0 Å². The summed E-state index contributed by atoms with van der Waals surface area (Å²) in [6.07, 6.45) is 1.00. The molecule has 1 atom stereocenters. The number of hydrogen-bond acceptors (Lipinski definition) is 4. The van der Waals surface area contributed by atoms with Crippen LogP contribution in [0.3, 0.4) is 0 Å². The van der Waals surface area contributed by atoms with Crippen molar-refractivity contribution in [2.75, 3.05) is 44.7 Å². The second-order valence-corrected chi connectivity index (χ2v) is 5.90. The minimum absolute atomic E-state index is 0. The number of benzene rings is 1. The molecular formula is C18H30IN5O2. The molecule has 1 unspecified atom stereocenters. The first-order valence-corrected chi connectivity index (χ1v) is 8.87. The summed E-state index contributed by atoms with van der Waals surface area (Å²) in [6, 6.07) is 8.34. The highest BCUT2D eigenvalue weighted by atomic mass is 127. The first kappa shape index (κ1) is 22.3. The molecule has 1 fully saturated rings. The molecule has 0 radical (unpaired) electrons. The van der Waals surface area contributed by atoms with Crippen LogP contribution in [-0.2, 0) is 4.79 Å². The van der Waals surface area contributed by atoms with Crippen molar-refractivity contribution in [3.63, 3.8) is 0 Å². The summed E-state index contributed by atoms with van der Waals surface area (Å²) in [5, 5.41) is 9.38. The van der Waals surface area contributed by atoms with Crippen molar-refractivity contribution in [1.82, 2.24) is 16.0 Å². The number of para-hydroxylation sites is 2. The number of ether oxygens (including phenoxy) is 1. The van der Waals surface area contributed by atoms with Crippen LogP contribution >= 0.6 is 24.0 Å². The van der Waals surface area contributed by atoms with Gasteiger partial charge >= 0.3 is 0 Å². The summed E-state index contributed by atoms with van der Waals surface area (Å²) in [6.45, 7) is 7.24. The van der Waals surface area contributed by atoms with Crippen LogP contribution in [0.2, 0.25) is 0 Å². The molecule has 2 rings (SSSR count). The van der Waals surface area contributed by atoms with Crippen LogP contribution in [0, 0.1) is 0 Å². The van der Waals surface area contributed by atoms with Gasteiger partial charge < -0.3 is 25.6 Å². The summed E-state index contributed by atoms with van der Waals surface area (Å²) >= 11 is 0. The molecule has 8 heteroatoms. The maximum atomic E-state index is 11.6. The van der Waals surface area contributed by atoms with E-state index in [1.165, 1.54) is 0 Å². The number of aliphatic imine (C=N–C) groups is 1. The minimum atomic E-state index is -0.0678. The normalized spacial score (nSPS) is 16.7. The summed E-state index contributed by atoms with van der Waals surface area (Å²) < 4.78 is 5.46. The lowest BCUT2D eigenvalue weighted by Gasteiger charge is -2.22. The zero-order valence-electron chi connectivity index (χ0n) is 15.7. The van der Waals surface area contributed by atoms with Crippen molar-refractivity contribution in [1.29, 1.82) is 0 Å². The molecule has 0 bridgehead atoms. The Bertz CT molecular complexity index is 597. The van der Waals surface area contributed by atoms with Crippen molar-refractivity contribution in [2.45, 2.75) is 26.3 Å². The van der Waals surface area contributed by atoms with E-state index in [1.807, 2.05) is 32.0 Å². The minimum Gasteiger partial charge on any atom is -0.495 e. The Labute approximate surface area is 173 Å². The van der Waals surface area contributed by atoms with Crippen LogP contribution in [0.1, 0.15) is 20.3 Å². The second kappa shape index (κ2) is 11.8. The lowest BCUT2D eigenvalue weighted by atomic mass is 10.2. The fourth-order valence-electron chi connectivity index (χ4n) is 2.91. The van der Waals surface area contributed by atoms with Gasteiger partial charge in [-0.15, -0.1) is 24.0 Å². The third kappa shape index (κ3) is 6.54. The molecule has 1 saturated heterocycles. The van der Waals surface area contributed by atoms with E-state index in [1.54, 1.807) is 7.11 Å². The number of methoxy groups -OCH3 is 1. The lowest BCUT2D eigenvalue weighted by molar-refractivity contribution is -0.119. The highest BCUT2D eigenvalue weighted by molar-refractivity contribution is 14.0. The predicted octanol–water partition coefficient (Wildman–Crippen LogP) is 1.58. The third-order valence-electron chi connectivity index (χ3n) is 4.05. The highest BCUT2D eigenvalue weighted by Gasteiger charge is 2.25. The molecule has 1 aliphatic heterocycles. The Morgan fingerprint density at radius 1 is 1.27 bits per heavy atom. The van der Waals surface area contributed by atoms with Gasteiger partial charge in [0, 0.05) is 32.2 Å². The third-order valence-corrected chi connectivity index (χ3v) is 4.05. The Morgan fingerprint density at radius 3 is 2.69 bits per heavy atom. The van der Waals surface area contributed by atoms with Gasteiger partial charge in [-0.3, -0.25) is 4.79 Å². The van der Waals surface area contributed by atoms with E-state index < -0.39 is 0 Å². The molecule has 26 heavy (non-hydrogen) atoms. The van der Waals surface area contributed by atoms with Gasteiger partial charge in [0.25, 0.3) is 0 Å². The number of rotatable bonds is 7. The van der Waals surface area contributed by atoms with Crippen molar-refractivity contribution in [2.24, 2.45) is 4.99 Å². The average molecular weight is 475 g/mol. The number of likely N-dealkylation sites (N-methyl/N-ethyl adjacent to an activating group) is 1. The Hall–Kier alpha value is -1.71. The molecule has 0 aromatic heterocycles. The Balaban J connectivity index is 0.00000338. The van der Waals surface area contributed by atoms with E-state index in [4.69, 9.17) is 4.74 Å². The molecule has 1 amide bonds. The maximum Gasteiger partial charge on any atom is 0.241 e. The molecule has 1 heterocycles. The first-order chi connectivity index (χ1) is 12.2. The number of hydrogen-bond donors (Lipinski definition) is 3. The fourth-order valence-corrected chi connectivity index (χ4v) is 2.91. The van der Waals surface area contributed by atoms with E-state index in [-0.39, 0.29) is 42.5 Å². The zero-order chi connectivity index (χ0) is 18.1. The van der Waals surface area contributed by atoms with Gasteiger partial charge in [0.05, 0.1) is 12.8 Å². The molecule has 1 aliphatic rings. The van der Waals surface area contributed by atoms with Crippen molar-refractivity contribution in [3.05, 3.63) is 24.3 Å². The molecule has 0 spiro atoms. The van der Waals surface area contributed by atoms with Crippen molar-refractivity contribution in [3.8, 4) is 5.75 Å². The van der Waals surface area contributed by atoms with Crippen molar-refractivity contribution >= 4 is 41.5 Å². The van der Waals surface area contributed by atoms with Gasteiger partial charge in [0.15, 0.2) is 5.96 Å². The smallest absolute Gasteiger partial charge is 0.241 e. The highest BCUT2D eigenvalue weighted by Crippen LogP contribution is 2.30. The quantitative estimate of drug-likeness (QED) is 0.317. The molecule has 0 aliphatic carbocycles. The van der Waals surface area contributed by atoms with Gasteiger partial charge in [-0.1, -0.05) is 12.1 Å². The topological polar surface area (TPSA) is 78.0 Å². The number of nitrogens with zero attached hydrogens (tertiary/aromatic N) is 2. The zero-order valence-corrected chi connectivity index (χ0v) is 18.1. The van der Waals surface area contributed by atoms with E-state index in [2.05, 4.69) is 31.9 Å².